The zero-order chi connectivity index (χ0) is 17.3. The van der Waals surface area contributed by atoms with Crippen molar-refractivity contribution >= 4 is 11.8 Å². The Kier molecular flexibility index (Phi) is 4.68. The minimum absolute atomic E-state index is 0.0196. The third-order valence-corrected chi connectivity index (χ3v) is 4.36. The van der Waals surface area contributed by atoms with E-state index >= 15 is 0 Å². The van der Waals surface area contributed by atoms with Crippen LogP contribution in [0, 0.1) is 5.92 Å². The number of hydrogen-bond donors (Lipinski definition) is 2. The zero-order valence-corrected chi connectivity index (χ0v) is 12.7. The summed E-state index contributed by atoms with van der Waals surface area (Å²) in [5.74, 6) is -1.47. The molecule has 7 heteroatoms. The minimum atomic E-state index is -4.54. The molecule has 0 spiro atoms. The van der Waals surface area contributed by atoms with Gasteiger partial charge in [-0.1, -0.05) is 25.0 Å². The summed E-state index contributed by atoms with van der Waals surface area (Å²) in [6.45, 7) is 1.33. The molecule has 0 unspecified atom stereocenters. The van der Waals surface area contributed by atoms with Gasteiger partial charge in [-0.25, -0.2) is 0 Å². The summed E-state index contributed by atoms with van der Waals surface area (Å²) in [6.07, 6.45) is -1.26. The van der Waals surface area contributed by atoms with Gasteiger partial charge in [0.15, 0.2) is 0 Å². The van der Waals surface area contributed by atoms with Gasteiger partial charge in [0.05, 0.1) is 5.56 Å². The molecular weight excluding hydrogens is 309 g/mol. The number of nitrogens with one attached hydrogen (secondary N) is 1. The first kappa shape index (κ1) is 17.3. The van der Waals surface area contributed by atoms with Crippen LogP contribution in [-0.4, -0.2) is 11.8 Å². The van der Waals surface area contributed by atoms with Crippen LogP contribution in [0.3, 0.4) is 0 Å². The van der Waals surface area contributed by atoms with Crippen molar-refractivity contribution < 1.29 is 22.8 Å². The van der Waals surface area contributed by atoms with Crippen molar-refractivity contribution in [3.8, 4) is 0 Å². The van der Waals surface area contributed by atoms with Crippen LogP contribution in [0.2, 0.25) is 0 Å². The Morgan fingerprint density at radius 3 is 2.26 bits per heavy atom. The van der Waals surface area contributed by atoms with E-state index < -0.39 is 23.2 Å². The van der Waals surface area contributed by atoms with Crippen LogP contribution in [-0.2, 0) is 21.3 Å². The summed E-state index contributed by atoms with van der Waals surface area (Å²) in [6, 6.07) is 4.30. The lowest BCUT2D eigenvalue weighted by Gasteiger charge is -2.30. The second kappa shape index (κ2) is 6.22. The Labute approximate surface area is 132 Å². The Balaban J connectivity index is 2.33. The molecule has 0 saturated heterocycles. The Morgan fingerprint density at radius 1 is 1.17 bits per heavy atom. The molecule has 0 bridgehead atoms. The average molecular weight is 328 g/mol. The summed E-state index contributed by atoms with van der Waals surface area (Å²) in [5, 5.41) is 2.55. The van der Waals surface area contributed by atoms with Gasteiger partial charge < -0.3 is 11.1 Å². The summed E-state index contributed by atoms with van der Waals surface area (Å²) < 4.78 is 38.6. The maximum atomic E-state index is 12.9. The van der Waals surface area contributed by atoms with Crippen LogP contribution < -0.4 is 11.1 Å². The van der Waals surface area contributed by atoms with Crippen LogP contribution in [0.15, 0.2) is 24.3 Å². The van der Waals surface area contributed by atoms with Gasteiger partial charge in [-0.05, 0) is 37.5 Å². The SMILES string of the molecule is C[C@@](NC(=O)C1CCCC1)(C(N)=O)c1cccc(C(F)(F)F)c1. The third kappa shape index (κ3) is 3.65. The van der Waals surface area contributed by atoms with E-state index in [0.717, 1.165) is 25.0 Å². The number of nitrogens with two attached hydrogens (primary N) is 1. The number of amides is 2. The van der Waals surface area contributed by atoms with E-state index in [-0.39, 0.29) is 17.4 Å². The van der Waals surface area contributed by atoms with Gasteiger partial charge >= 0.3 is 6.18 Å². The molecular formula is C16H19F3N2O2. The number of rotatable bonds is 4. The van der Waals surface area contributed by atoms with E-state index in [1.54, 1.807) is 0 Å². The maximum absolute atomic E-state index is 12.9. The normalized spacial score (nSPS) is 18.4. The average Bonchev–Trinajstić information content (AvgIpc) is 3.00. The molecule has 3 N–H and O–H groups in total. The van der Waals surface area contributed by atoms with Gasteiger partial charge in [-0.3, -0.25) is 9.59 Å². The van der Waals surface area contributed by atoms with Gasteiger partial charge in [-0.2, -0.15) is 13.2 Å². The van der Waals surface area contributed by atoms with Gasteiger partial charge in [0, 0.05) is 5.92 Å². The Bertz CT molecular complexity index is 610. The quantitative estimate of drug-likeness (QED) is 0.892. The number of carbonyl (C=O) groups is 2. The van der Waals surface area contributed by atoms with Gasteiger partial charge in [0.1, 0.15) is 5.54 Å². The monoisotopic (exact) mass is 328 g/mol. The second-order valence-electron chi connectivity index (χ2n) is 6.04. The Hall–Kier alpha value is -2.05. The van der Waals surface area contributed by atoms with Crippen LogP contribution in [0.25, 0.3) is 0 Å². The standard InChI is InChI=1S/C16H19F3N2O2/c1-15(14(20)23,21-13(22)10-5-2-3-6-10)11-7-4-8-12(9-11)16(17,18)19/h4,7-10H,2-3,5-6H2,1H3,(H2,20,23)(H,21,22)/t15-/m0/s1. The fourth-order valence-corrected chi connectivity index (χ4v) is 2.82. The van der Waals surface area contributed by atoms with Crippen molar-refractivity contribution in [2.75, 3.05) is 0 Å². The summed E-state index contributed by atoms with van der Waals surface area (Å²) in [7, 11) is 0. The lowest BCUT2D eigenvalue weighted by atomic mass is 9.89. The highest BCUT2D eigenvalue weighted by Gasteiger charge is 2.39. The predicted octanol–water partition coefficient (Wildman–Crippen LogP) is 2.71. The molecule has 0 aliphatic heterocycles. The zero-order valence-electron chi connectivity index (χ0n) is 12.7. The molecule has 2 amide bonds. The van der Waals surface area contributed by atoms with E-state index in [2.05, 4.69) is 5.32 Å². The summed E-state index contributed by atoms with van der Waals surface area (Å²) in [4.78, 5) is 24.1. The molecule has 1 fully saturated rings. The van der Waals surface area contributed by atoms with Crippen LogP contribution in [0.5, 0.6) is 0 Å². The molecule has 0 radical (unpaired) electrons. The number of primary amides is 1. The summed E-state index contributed by atoms with van der Waals surface area (Å²) >= 11 is 0. The lowest BCUT2D eigenvalue weighted by Crippen LogP contribution is -2.54. The molecule has 2 rings (SSSR count). The van der Waals surface area contributed by atoms with Gasteiger partial charge in [-0.15, -0.1) is 0 Å². The molecule has 126 valence electrons. The second-order valence-corrected chi connectivity index (χ2v) is 6.04. The van der Waals surface area contributed by atoms with E-state index in [4.69, 9.17) is 5.73 Å². The smallest absolute Gasteiger partial charge is 0.367 e. The van der Waals surface area contributed by atoms with Crippen LogP contribution in [0.1, 0.15) is 43.7 Å². The first-order valence-corrected chi connectivity index (χ1v) is 7.44. The molecule has 1 aliphatic carbocycles. The van der Waals surface area contributed by atoms with Crippen LogP contribution >= 0.6 is 0 Å². The van der Waals surface area contributed by atoms with E-state index in [1.165, 1.54) is 19.1 Å². The molecule has 23 heavy (non-hydrogen) atoms. The van der Waals surface area contributed by atoms with Gasteiger partial charge in [0.25, 0.3) is 0 Å². The maximum Gasteiger partial charge on any atom is 0.416 e. The number of halogens is 3. The molecule has 1 aromatic carbocycles. The minimum Gasteiger partial charge on any atom is -0.367 e. The van der Waals surface area contributed by atoms with Crippen molar-refractivity contribution in [2.45, 2.75) is 44.3 Å². The number of alkyl halides is 3. The van der Waals surface area contributed by atoms with Crippen molar-refractivity contribution in [3.63, 3.8) is 0 Å². The van der Waals surface area contributed by atoms with Crippen molar-refractivity contribution in [1.82, 2.24) is 5.32 Å². The highest BCUT2D eigenvalue weighted by molar-refractivity contribution is 5.92. The number of benzene rings is 1. The topological polar surface area (TPSA) is 72.2 Å². The van der Waals surface area contributed by atoms with Crippen molar-refractivity contribution in [1.29, 1.82) is 0 Å². The molecule has 1 aromatic rings. The van der Waals surface area contributed by atoms with Crippen molar-refractivity contribution in [2.24, 2.45) is 11.7 Å². The summed E-state index contributed by atoms with van der Waals surface area (Å²) in [5.41, 5.74) is 2.82. The molecule has 1 saturated carbocycles. The Morgan fingerprint density at radius 2 is 1.74 bits per heavy atom. The number of hydrogen-bond acceptors (Lipinski definition) is 2. The molecule has 0 aromatic heterocycles. The van der Waals surface area contributed by atoms with E-state index in [0.29, 0.717) is 12.8 Å². The molecule has 4 nitrogen and oxygen atoms in total. The largest absolute Gasteiger partial charge is 0.416 e. The fraction of sp³-hybridized carbons (Fsp3) is 0.500. The van der Waals surface area contributed by atoms with E-state index in [9.17, 15) is 22.8 Å². The first-order valence-electron chi connectivity index (χ1n) is 7.44. The highest BCUT2D eigenvalue weighted by Crippen LogP contribution is 2.33. The third-order valence-electron chi connectivity index (χ3n) is 4.36. The predicted molar refractivity (Wildman–Crippen MR) is 78.1 cm³/mol. The van der Waals surface area contributed by atoms with Gasteiger partial charge in [0.2, 0.25) is 11.8 Å². The first-order chi connectivity index (χ1) is 10.6. The molecule has 1 aliphatic rings. The molecule has 0 heterocycles. The number of carbonyl (C=O) groups excluding carboxylic acids is 2. The van der Waals surface area contributed by atoms with Crippen molar-refractivity contribution in [3.05, 3.63) is 35.4 Å². The fourth-order valence-electron chi connectivity index (χ4n) is 2.82. The highest BCUT2D eigenvalue weighted by atomic mass is 19.4. The van der Waals surface area contributed by atoms with Crippen LogP contribution in [0.4, 0.5) is 13.2 Å². The lowest BCUT2D eigenvalue weighted by molar-refractivity contribution is -0.138. The molecule has 1 atom stereocenters. The van der Waals surface area contributed by atoms with E-state index in [1.807, 2.05) is 0 Å².